The molecule has 194 valence electrons. The normalized spacial score (nSPS) is 22.4. The Kier molecular flexibility index (Phi) is 6.70. The quantitative estimate of drug-likeness (QED) is 0.519. The standard InChI is InChI=1S/C19H22N6O4.C2HF3O2/c1-11-15(16(23-29-11)13-2-4-20-10-22-13)18(28)24-8-19(9-24)3-5-25(19)17(27)14-6-12(26)7-21-14;3-2(4,5)1(6)7/h2,4,10,12,14,21,26H,3,5-9H2,1H3;(H,6,7)/t12-,14+;/m0./s1. The molecule has 0 aromatic carbocycles. The van der Waals surface area contributed by atoms with E-state index in [0.29, 0.717) is 55.3 Å². The topological polar surface area (TPSA) is 162 Å². The summed E-state index contributed by atoms with van der Waals surface area (Å²) >= 11 is 0. The molecule has 3 saturated heterocycles. The minimum absolute atomic E-state index is 0.0164. The second kappa shape index (κ2) is 9.46. The molecule has 12 nitrogen and oxygen atoms in total. The highest BCUT2D eigenvalue weighted by molar-refractivity contribution is 6.01. The van der Waals surface area contributed by atoms with Crippen LogP contribution in [0.3, 0.4) is 0 Å². The summed E-state index contributed by atoms with van der Waals surface area (Å²) in [5.74, 6) is -2.47. The molecule has 3 fully saturated rings. The molecule has 3 aliphatic rings. The van der Waals surface area contributed by atoms with E-state index in [1.165, 1.54) is 6.33 Å². The van der Waals surface area contributed by atoms with Crippen LogP contribution in [0, 0.1) is 6.92 Å². The van der Waals surface area contributed by atoms with Crippen molar-refractivity contribution in [1.82, 2.24) is 30.2 Å². The van der Waals surface area contributed by atoms with Crippen LogP contribution in [-0.2, 0) is 9.59 Å². The van der Waals surface area contributed by atoms with Gasteiger partial charge >= 0.3 is 12.1 Å². The van der Waals surface area contributed by atoms with Gasteiger partial charge in [0.1, 0.15) is 23.3 Å². The summed E-state index contributed by atoms with van der Waals surface area (Å²) in [7, 11) is 0. The zero-order valence-corrected chi connectivity index (χ0v) is 19.0. The smallest absolute Gasteiger partial charge is 0.475 e. The summed E-state index contributed by atoms with van der Waals surface area (Å²) in [5.41, 5.74) is 1.04. The predicted molar refractivity (Wildman–Crippen MR) is 113 cm³/mol. The Morgan fingerprint density at radius 2 is 1.97 bits per heavy atom. The van der Waals surface area contributed by atoms with Gasteiger partial charge < -0.3 is 29.9 Å². The summed E-state index contributed by atoms with van der Waals surface area (Å²) in [4.78, 5) is 46.5. The molecular formula is C21H23F3N6O6. The zero-order valence-electron chi connectivity index (χ0n) is 19.0. The maximum Gasteiger partial charge on any atom is 0.490 e. The van der Waals surface area contributed by atoms with Crippen molar-refractivity contribution in [3.63, 3.8) is 0 Å². The van der Waals surface area contributed by atoms with Gasteiger partial charge in [-0.05, 0) is 25.8 Å². The van der Waals surface area contributed by atoms with E-state index in [-0.39, 0.29) is 23.4 Å². The molecule has 3 aliphatic heterocycles. The SMILES string of the molecule is Cc1onc(-c2ccncn2)c1C(=O)N1CC2(CCN2C(=O)[C@H]2C[C@H](O)CN2)C1.O=C(O)C(F)(F)F. The van der Waals surface area contributed by atoms with Crippen LogP contribution in [0.25, 0.3) is 11.4 Å². The minimum Gasteiger partial charge on any atom is -0.475 e. The number of amides is 2. The van der Waals surface area contributed by atoms with Crippen LogP contribution < -0.4 is 5.32 Å². The summed E-state index contributed by atoms with van der Waals surface area (Å²) in [6.07, 6.45) is -1.25. The Morgan fingerprint density at radius 1 is 1.28 bits per heavy atom. The predicted octanol–water partition coefficient (Wildman–Crippen LogP) is 0.223. The fourth-order valence-corrected chi connectivity index (χ4v) is 4.50. The first-order chi connectivity index (χ1) is 16.9. The number of hydrogen-bond acceptors (Lipinski definition) is 9. The number of alkyl halides is 3. The maximum absolute atomic E-state index is 13.1. The molecule has 2 amide bonds. The zero-order chi connectivity index (χ0) is 26.3. The van der Waals surface area contributed by atoms with Crippen LogP contribution >= 0.6 is 0 Å². The number of aliphatic carboxylic acids is 1. The number of carboxylic acid groups (broad SMARTS) is 1. The highest BCUT2D eigenvalue weighted by Gasteiger charge is 2.58. The Bertz CT molecular complexity index is 1150. The summed E-state index contributed by atoms with van der Waals surface area (Å²) in [5, 5.41) is 23.9. The van der Waals surface area contributed by atoms with Crippen molar-refractivity contribution in [3.8, 4) is 11.4 Å². The molecule has 0 saturated carbocycles. The number of rotatable bonds is 3. The van der Waals surface area contributed by atoms with Crippen molar-refractivity contribution >= 4 is 17.8 Å². The molecule has 3 N–H and O–H groups in total. The number of hydrogen-bond donors (Lipinski definition) is 3. The van der Waals surface area contributed by atoms with Crippen LogP contribution in [0.2, 0.25) is 0 Å². The number of halogens is 3. The lowest BCUT2D eigenvalue weighted by Gasteiger charge is -2.62. The Labute approximate surface area is 202 Å². The Morgan fingerprint density at radius 3 is 2.47 bits per heavy atom. The van der Waals surface area contributed by atoms with Gasteiger partial charge in [0.25, 0.3) is 5.91 Å². The van der Waals surface area contributed by atoms with E-state index in [0.717, 1.165) is 6.42 Å². The van der Waals surface area contributed by atoms with Gasteiger partial charge in [-0.2, -0.15) is 13.2 Å². The number of aliphatic hydroxyl groups is 1. The molecule has 0 unspecified atom stereocenters. The number of carbonyl (C=O) groups is 3. The number of aromatic nitrogens is 3. The molecule has 0 bridgehead atoms. The first-order valence-electron chi connectivity index (χ1n) is 11.0. The summed E-state index contributed by atoms with van der Waals surface area (Å²) in [6, 6.07) is 1.35. The van der Waals surface area contributed by atoms with Crippen LogP contribution in [0.1, 0.15) is 29.0 Å². The van der Waals surface area contributed by atoms with E-state index in [1.54, 1.807) is 24.1 Å². The van der Waals surface area contributed by atoms with Crippen molar-refractivity contribution < 1.29 is 42.3 Å². The van der Waals surface area contributed by atoms with E-state index in [2.05, 4.69) is 20.4 Å². The molecule has 15 heteroatoms. The van der Waals surface area contributed by atoms with Crippen molar-refractivity contribution in [2.24, 2.45) is 0 Å². The first kappa shape index (κ1) is 25.5. The Hall–Kier alpha value is -3.59. The second-order valence-electron chi connectivity index (χ2n) is 8.84. The Balaban J connectivity index is 0.000000384. The number of nitrogens with zero attached hydrogens (tertiary/aromatic N) is 5. The molecular weight excluding hydrogens is 489 g/mol. The third-order valence-corrected chi connectivity index (χ3v) is 6.45. The van der Waals surface area contributed by atoms with Crippen LogP contribution in [-0.4, -0.2) is 103 Å². The molecule has 5 rings (SSSR count). The monoisotopic (exact) mass is 512 g/mol. The van der Waals surface area contributed by atoms with Gasteiger partial charge in [0, 0.05) is 32.4 Å². The third kappa shape index (κ3) is 4.75. The van der Waals surface area contributed by atoms with Gasteiger partial charge in [-0.25, -0.2) is 14.8 Å². The largest absolute Gasteiger partial charge is 0.490 e. The molecule has 1 spiro atoms. The molecule has 2 atom stereocenters. The lowest BCUT2D eigenvalue weighted by Crippen LogP contribution is -2.79. The van der Waals surface area contributed by atoms with Crippen LogP contribution in [0.4, 0.5) is 13.2 Å². The number of aliphatic hydroxyl groups excluding tert-OH is 1. The van der Waals surface area contributed by atoms with Crippen LogP contribution in [0.15, 0.2) is 23.1 Å². The highest BCUT2D eigenvalue weighted by Crippen LogP contribution is 2.41. The summed E-state index contributed by atoms with van der Waals surface area (Å²) in [6.45, 7) is 3.81. The van der Waals surface area contributed by atoms with E-state index in [4.69, 9.17) is 14.4 Å². The van der Waals surface area contributed by atoms with Gasteiger partial charge in [-0.3, -0.25) is 9.59 Å². The van der Waals surface area contributed by atoms with Crippen molar-refractivity contribution in [1.29, 1.82) is 0 Å². The lowest BCUT2D eigenvalue weighted by molar-refractivity contribution is -0.192. The van der Waals surface area contributed by atoms with Gasteiger partial charge in [-0.1, -0.05) is 5.16 Å². The molecule has 2 aromatic heterocycles. The average Bonchev–Trinajstić information content (AvgIpc) is 3.38. The van der Waals surface area contributed by atoms with Crippen LogP contribution in [0.5, 0.6) is 0 Å². The number of nitrogens with one attached hydrogen (secondary N) is 1. The average molecular weight is 512 g/mol. The number of carboxylic acids is 1. The van der Waals surface area contributed by atoms with E-state index in [9.17, 15) is 27.9 Å². The van der Waals surface area contributed by atoms with E-state index < -0.39 is 18.2 Å². The molecule has 36 heavy (non-hydrogen) atoms. The highest BCUT2D eigenvalue weighted by atomic mass is 19.4. The third-order valence-electron chi connectivity index (χ3n) is 6.45. The molecule has 5 heterocycles. The fraction of sp³-hybridized carbons (Fsp3) is 0.524. The number of β-amino-alcohol motifs (C(OH)–C–C–N with tert-alkyl or cyclic N) is 1. The van der Waals surface area contributed by atoms with Gasteiger partial charge in [0.2, 0.25) is 5.91 Å². The molecule has 0 aliphatic carbocycles. The van der Waals surface area contributed by atoms with Gasteiger partial charge in [0.05, 0.1) is 23.4 Å². The molecule has 0 radical (unpaired) electrons. The second-order valence-corrected chi connectivity index (χ2v) is 8.84. The van der Waals surface area contributed by atoms with Crippen molar-refractivity contribution in [2.45, 2.75) is 43.6 Å². The van der Waals surface area contributed by atoms with Gasteiger partial charge in [0.15, 0.2) is 0 Å². The molecule has 2 aromatic rings. The fourth-order valence-electron chi connectivity index (χ4n) is 4.50. The first-order valence-corrected chi connectivity index (χ1v) is 11.0. The number of likely N-dealkylation sites (tertiary alicyclic amines) is 2. The van der Waals surface area contributed by atoms with E-state index >= 15 is 0 Å². The van der Waals surface area contributed by atoms with Gasteiger partial charge in [-0.15, -0.1) is 0 Å². The van der Waals surface area contributed by atoms with Crippen molar-refractivity contribution in [3.05, 3.63) is 29.9 Å². The number of aryl methyl sites for hydroxylation is 1. The summed E-state index contributed by atoms with van der Waals surface area (Å²) < 4.78 is 37.0. The van der Waals surface area contributed by atoms with E-state index in [1.807, 2.05) is 4.90 Å². The minimum atomic E-state index is -5.08. The maximum atomic E-state index is 13.1. The number of carbonyl (C=O) groups excluding carboxylic acids is 2. The van der Waals surface area contributed by atoms with Crippen molar-refractivity contribution in [2.75, 3.05) is 26.2 Å². The lowest BCUT2D eigenvalue weighted by atomic mass is 9.76.